The van der Waals surface area contributed by atoms with Crippen molar-refractivity contribution in [3.8, 4) is 11.3 Å². The van der Waals surface area contributed by atoms with Gasteiger partial charge in [0.2, 0.25) is 0 Å². The Morgan fingerprint density at radius 3 is 2.63 bits per heavy atom. The molecule has 0 aliphatic carbocycles. The molecule has 3 aromatic rings. The van der Waals surface area contributed by atoms with Gasteiger partial charge in [-0.05, 0) is 32.0 Å². The zero-order valence-corrected chi connectivity index (χ0v) is 15.0. The number of nitro benzene ring substituents is 1. The average molecular weight is 390 g/mol. The van der Waals surface area contributed by atoms with Crippen molar-refractivity contribution in [2.45, 2.75) is 13.8 Å². The molecule has 1 aromatic heterocycles. The predicted octanol–water partition coefficient (Wildman–Crippen LogP) is 4.91. The standard InChI is InChI=1S/C18H13ClFN3O4/c1-9-13(7-4-8-14(9)23(25)26)21-18(24)15-10(2)27-22-17(15)16-11(19)5-3-6-12(16)20/h3-8H,1-2H3,(H,21,24). The second-order valence-corrected chi connectivity index (χ2v) is 6.13. The van der Waals surface area contributed by atoms with Crippen LogP contribution in [0.1, 0.15) is 21.7 Å². The number of nitrogens with one attached hydrogen (secondary N) is 1. The Bertz CT molecular complexity index is 1040. The summed E-state index contributed by atoms with van der Waals surface area (Å²) in [7, 11) is 0. The highest BCUT2D eigenvalue weighted by Gasteiger charge is 2.26. The highest BCUT2D eigenvalue weighted by Crippen LogP contribution is 2.34. The summed E-state index contributed by atoms with van der Waals surface area (Å²) in [6, 6.07) is 8.41. The lowest BCUT2D eigenvalue weighted by atomic mass is 10.0. The molecule has 0 atom stereocenters. The van der Waals surface area contributed by atoms with Crippen molar-refractivity contribution in [2.24, 2.45) is 0 Å². The van der Waals surface area contributed by atoms with Gasteiger partial charge in [-0.3, -0.25) is 14.9 Å². The lowest BCUT2D eigenvalue weighted by molar-refractivity contribution is -0.385. The summed E-state index contributed by atoms with van der Waals surface area (Å²) in [6.45, 7) is 3.02. The number of nitrogens with zero attached hydrogens (tertiary/aromatic N) is 2. The first kappa shape index (κ1) is 18.5. The number of anilines is 1. The molecule has 0 radical (unpaired) electrons. The van der Waals surface area contributed by atoms with Crippen LogP contribution in [-0.4, -0.2) is 16.0 Å². The molecule has 1 heterocycles. The third-order valence-corrected chi connectivity index (χ3v) is 4.35. The minimum atomic E-state index is -0.656. The maximum Gasteiger partial charge on any atom is 0.274 e. The molecule has 0 aliphatic rings. The van der Waals surface area contributed by atoms with E-state index in [-0.39, 0.29) is 44.5 Å². The second kappa shape index (κ2) is 7.16. The van der Waals surface area contributed by atoms with Crippen LogP contribution in [0.2, 0.25) is 5.02 Å². The van der Waals surface area contributed by atoms with Gasteiger partial charge in [-0.15, -0.1) is 0 Å². The molecular formula is C18H13ClFN3O4. The number of rotatable bonds is 4. The van der Waals surface area contributed by atoms with Crippen molar-refractivity contribution >= 4 is 28.9 Å². The van der Waals surface area contributed by atoms with E-state index in [9.17, 15) is 19.3 Å². The van der Waals surface area contributed by atoms with Crippen molar-refractivity contribution in [1.82, 2.24) is 5.16 Å². The van der Waals surface area contributed by atoms with E-state index >= 15 is 0 Å². The van der Waals surface area contributed by atoms with E-state index in [4.69, 9.17) is 16.1 Å². The van der Waals surface area contributed by atoms with Gasteiger partial charge in [-0.2, -0.15) is 0 Å². The summed E-state index contributed by atoms with van der Waals surface area (Å²) in [5.41, 5.74) is 0.295. The van der Waals surface area contributed by atoms with E-state index in [1.807, 2.05) is 0 Å². The average Bonchev–Trinajstić information content (AvgIpc) is 2.97. The summed E-state index contributed by atoms with van der Waals surface area (Å²) in [5.74, 6) is -1.15. The Hall–Kier alpha value is -3.26. The molecule has 0 unspecified atom stereocenters. The van der Waals surface area contributed by atoms with Crippen molar-refractivity contribution in [3.63, 3.8) is 0 Å². The summed E-state index contributed by atoms with van der Waals surface area (Å²) in [6.07, 6.45) is 0. The summed E-state index contributed by atoms with van der Waals surface area (Å²) < 4.78 is 19.3. The number of aryl methyl sites for hydroxylation is 1. The number of hydrogen-bond acceptors (Lipinski definition) is 5. The summed E-state index contributed by atoms with van der Waals surface area (Å²) in [4.78, 5) is 23.3. The number of nitro groups is 1. The normalized spacial score (nSPS) is 10.7. The van der Waals surface area contributed by atoms with Crippen molar-refractivity contribution in [1.29, 1.82) is 0 Å². The van der Waals surface area contributed by atoms with Crippen molar-refractivity contribution < 1.29 is 18.6 Å². The molecule has 0 aliphatic heterocycles. The molecular weight excluding hydrogens is 377 g/mol. The predicted molar refractivity (Wildman–Crippen MR) is 97.4 cm³/mol. The van der Waals surface area contributed by atoms with Gasteiger partial charge in [0.05, 0.1) is 26.8 Å². The highest BCUT2D eigenvalue weighted by molar-refractivity contribution is 6.33. The molecule has 1 N–H and O–H groups in total. The number of benzene rings is 2. The van der Waals surface area contributed by atoms with Crippen LogP contribution in [0.4, 0.5) is 15.8 Å². The third kappa shape index (κ3) is 3.39. The molecule has 138 valence electrons. The van der Waals surface area contributed by atoms with Crippen molar-refractivity contribution in [2.75, 3.05) is 5.32 Å². The van der Waals surface area contributed by atoms with Gasteiger partial charge in [-0.1, -0.05) is 28.9 Å². The SMILES string of the molecule is Cc1onc(-c2c(F)cccc2Cl)c1C(=O)Nc1cccc([N+](=O)[O-])c1C. The van der Waals surface area contributed by atoms with Gasteiger partial charge in [0.15, 0.2) is 0 Å². The maximum absolute atomic E-state index is 14.2. The van der Waals surface area contributed by atoms with Gasteiger partial charge in [0, 0.05) is 6.07 Å². The van der Waals surface area contributed by atoms with Crippen LogP contribution in [0.25, 0.3) is 11.3 Å². The van der Waals surface area contributed by atoms with Crippen LogP contribution >= 0.6 is 11.6 Å². The second-order valence-electron chi connectivity index (χ2n) is 5.72. The van der Waals surface area contributed by atoms with E-state index in [2.05, 4.69) is 10.5 Å². The van der Waals surface area contributed by atoms with Gasteiger partial charge in [0.1, 0.15) is 22.8 Å². The first-order valence-corrected chi connectivity index (χ1v) is 8.15. The fourth-order valence-corrected chi connectivity index (χ4v) is 2.93. The molecule has 9 heteroatoms. The van der Waals surface area contributed by atoms with E-state index in [0.717, 1.165) is 0 Å². The quantitative estimate of drug-likeness (QED) is 0.504. The van der Waals surface area contributed by atoms with Gasteiger partial charge in [-0.25, -0.2) is 4.39 Å². The molecule has 0 fully saturated rings. The number of hydrogen-bond donors (Lipinski definition) is 1. The fourth-order valence-electron chi connectivity index (χ4n) is 2.68. The van der Waals surface area contributed by atoms with Crippen LogP contribution < -0.4 is 5.32 Å². The first-order valence-electron chi connectivity index (χ1n) is 7.77. The minimum absolute atomic E-state index is 0.00657. The van der Waals surface area contributed by atoms with Crippen LogP contribution in [-0.2, 0) is 0 Å². The number of amides is 1. The van der Waals surface area contributed by atoms with Gasteiger partial charge >= 0.3 is 0 Å². The van der Waals surface area contributed by atoms with Crippen LogP contribution in [0.15, 0.2) is 40.9 Å². The molecule has 27 heavy (non-hydrogen) atoms. The van der Waals surface area contributed by atoms with Crippen molar-refractivity contribution in [3.05, 3.63) is 74.2 Å². The Morgan fingerprint density at radius 1 is 1.26 bits per heavy atom. The molecule has 3 rings (SSSR count). The van der Waals surface area contributed by atoms with Gasteiger partial charge < -0.3 is 9.84 Å². The van der Waals surface area contributed by atoms with E-state index in [0.29, 0.717) is 0 Å². The molecule has 0 bridgehead atoms. The lowest BCUT2D eigenvalue weighted by Crippen LogP contribution is -2.15. The van der Waals surface area contributed by atoms with Crippen LogP contribution in [0.3, 0.4) is 0 Å². The molecule has 0 saturated heterocycles. The number of halogens is 2. The number of carbonyl (C=O) groups excluding carboxylic acids is 1. The Balaban J connectivity index is 2.04. The largest absolute Gasteiger partial charge is 0.360 e. The molecule has 1 amide bonds. The fraction of sp³-hybridized carbons (Fsp3) is 0.111. The zero-order chi connectivity index (χ0) is 19.7. The van der Waals surface area contributed by atoms with Crippen LogP contribution in [0.5, 0.6) is 0 Å². The Labute approximate surface area is 157 Å². The van der Waals surface area contributed by atoms with E-state index in [1.54, 1.807) is 0 Å². The molecule has 2 aromatic carbocycles. The first-order chi connectivity index (χ1) is 12.8. The number of aromatic nitrogens is 1. The third-order valence-electron chi connectivity index (χ3n) is 4.04. The summed E-state index contributed by atoms with van der Waals surface area (Å²) in [5, 5.41) is 17.5. The monoisotopic (exact) mass is 389 g/mol. The Kier molecular flexibility index (Phi) is 4.91. The topological polar surface area (TPSA) is 98.3 Å². The van der Waals surface area contributed by atoms with Gasteiger partial charge in [0.25, 0.3) is 11.6 Å². The smallest absolute Gasteiger partial charge is 0.274 e. The lowest BCUT2D eigenvalue weighted by Gasteiger charge is -2.09. The highest BCUT2D eigenvalue weighted by atomic mass is 35.5. The minimum Gasteiger partial charge on any atom is -0.360 e. The van der Waals surface area contributed by atoms with E-state index in [1.165, 1.54) is 50.2 Å². The van der Waals surface area contributed by atoms with Crippen LogP contribution in [0, 0.1) is 29.8 Å². The zero-order valence-electron chi connectivity index (χ0n) is 14.2. The molecule has 0 saturated carbocycles. The van der Waals surface area contributed by atoms with E-state index < -0.39 is 16.6 Å². The molecule has 7 nitrogen and oxygen atoms in total. The summed E-state index contributed by atoms with van der Waals surface area (Å²) >= 11 is 6.06. The maximum atomic E-state index is 14.2. The Morgan fingerprint density at radius 2 is 1.96 bits per heavy atom. The number of carbonyl (C=O) groups is 1. The molecule has 0 spiro atoms.